The maximum atomic E-state index is 11.6. The van der Waals surface area contributed by atoms with Gasteiger partial charge in [0.25, 0.3) is 6.08 Å². The number of hydrogen-bond acceptors (Lipinski definition) is 0. The minimum absolute atomic E-state index is 0.778. The Bertz CT molecular complexity index is 316. The second-order valence-corrected chi connectivity index (χ2v) is 2.73. The molecule has 0 atom stereocenters. The molecule has 0 bridgehead atoms. The molecule has 0 amide bonds. The number of halogens is 2. The Morgan fingerprint density at radius 3 is 2.31 bits per heavy atom. The van der Waals surface area contributed by atoms with Gasteiger partial charge in [-0.05, 0) is 12.5 Å². The van der Waals surface area contributed by atoms with Gasteiger partial charge in [0.15, 0.2) is 0 Å². The lowest BCUT2D eigenvalue weighted by molar-refractivity contribution is 0.422. The van der Waals surface area contributed by atoms with Gasteiger partial charge in [-0.25, -0.2) is 0 Å². The summed E-state index contributed by atoms with van der Waals surface area (Å²) in [5.41, 5.74) is 2.08. The summed E-state index contributed by atoms with van der Waals surface area (Å²) in [5, 5.41) is 0. The molecule has 1 aromatic carbocycles. The predicted octanol–water partition coefficient (Wildman–Crippen LogP) is 3.79. The molecule has 0 aliphatic carbocycles. The van der Waals surface area contributed by atoms with Crippen LogP contribution in [-0.2, 0) is 0 Å². The highest BCUT2D eigenvalue weighted by atomic mass is 19.3. The standard InChI is InChI=1S/C11H10F2/c1-9-5-7-10(8-6-9)3-2-4-11(12)13/h2-8H,1H3/b3-2+. The summed E-state index contributed by atoms with van der Waals surface area (Å²) < 4.78 is 23.2. The van der Waals surface area contributed by atoms with Gasteiger partial charge in [0.1, 0.15) is 0 Å². The first kappa shape index (κ1) is 9.65. The third-order valence-electron chi connectivity index (χ3n) is 1.59. The summed E-state index contributed by atoms with van der Waals surface area (Å²) >= 11 is 0. The molecule has 0 saturated heterocycles. The molecule has 0 nitrogen and oxygen atoms in total. The van der Waals surface area contributed by atoms with Gasteiger partial charge >= 0.3 is 0 Å². The first-order chi connectivity index (χ1) is 6.18. The summed E-state index contributed by atoms with van der Waals surface area (Å²) in [4.78, 5) is 0. The van der Waals surface area contributed by atoms with Crippen molar-refractivity contribution in [3.63, 3.8) is 0 Å². The molecule has 0 aliphatic rings. The molecule has 0 heterocycles. The lowest BCUT2D eigenvalue weighted by Gasteiger charge is -1.92. The molecular formula is C11H10F2. The van der Waals surface area contributed by atoms with Crippen LogP contribution in [0.5, 0.6) is 0 Å². The molecular weight excluding hydrogens is 170 g/mol. The second kappa shape index (κ2) is 4.55. The number of hydrogen-bond donors (Lipinski definition) is 0. The molecule has 0 radical (unpaired) electrons. The van der Waals surface area contributed by atoms with Gasteiger partial charge in [0.2, 0.25) is 0 Å². The zero-order valence-electron chi connectivity index (χ0n) is 7.30. The number of allylic oxidation sites excluding steroid dienone is 2. The van der Waals surface area contributed by atoms with E-state index in [0.717, 1.165) is 17.2 Å². The van der Waals surface area contributed by atoms with Crippen LogP contribution in [0, 0.1) is 6.92 Å². The molecule has 0 saturated carbocycles. The molecule has 1 rings (SSSR count). The van der Waals surface area contributed by atoms with Crippen LogP contribution in [0.3, 0.4) is 0 Å². The van der Waals surface area contributed by atoms with Crippen LogP contribution in [0.4, 0.5) is 8.78 Å². The van der Waals surface area contributed by atoms with Gasteiger partial charge in [0.05, 0.1) is 0 Å². The van der Waals surface area contributed by atoms with E-state index >= 15 is 0 Å². The Labute approximate surface area is 76.2 Å². The van der Waals surface area contributed by atoms with Gasteiger partial charge in [-0.15, -0.1) is 0 Å². The molecule has 0 unspecified atom stereocenters. The molecule has 0 aliphatic heterocycles. The van der Waals surface area contributed by atoms with E-state index in [4.69, 9.17) is 0 Å². The molecule has 0 aromatic heterocycles. The summed E-state index contributed by atoms with van der Waals surface area (Å²) in [6.45, 7) is 1.98. The fourth-order valence-corrected chi connectivity index (χ4v) is 0.910. The molecule has 2 heteroatoms. The minimum Gasteiger partial charge on any atom is -0.173 e. The second-order valence-electron chi connectivity index (χ2n) is 2.73. The van der Waals surface area contributed by atoms with E-state index in [1.807, 2.05) is 31.2 Å². The van der Waals surface area contributed by atoms with E-state index in [9.17, 15) is 8.78 Å². The van der Waals surface area contributed by atoms with E-state index in [2.05, 4.69) is 0 Å². The van der Waals surface area contributed by atoms with Crippen molar-refractivity contribution in [3.8, 4) is 0 Å². The van der Waals surface area contributed by atoms with Crippen LogP contribution in [0.1, 0.15) is 11.1 Å². The Balaban J connectivity index is 2.70. The van der Waals surface area contributed by atoms with Crippen molar-refractivity contribution >= 4 is 6.08 Å². The van der Waals surface area contributed by atoms with Crippen LogP contribution >= 0.6 is 0 Å². The third kappa shape index (κ3) is 3.65. The van der Waals surface area contributed by atoms with Gasteiger partial charge < -0.3 is 0 Å². The van der Waals surface area contributed by atoms with Crippen molar-refractivity contribution < 1.29 is 8.78 Å². The van der Waals surface area contributed by atoms with Crippen molar-refractivity contribution in [1.82, 2.24) is 0 Å². The van der Waals surface area contributed by atoms with E-state index in [1.165, 1.54) is 6.08 Å². The zero-order chi connectivity index (χ0) is 9.68. The SMILES string of the molecule is Cc1ccc(/C=C/C=C(F)F)cc1. The van der Waals surface area contributed by atoms with Gasteiger partial charge in [-0.3, -0.25) is 0 Å². The van der Waals surface area contributed by atoms with Crippen LogP contribution in [0.25, 0.3) is 6.08 Å². The number of rotatable bonds is 2. The smallest absolute Gasteiger partial charge is 0.173 e. The van der Waals surface area contributed by atoms with Crippen LogP contribution in [0.15, 0.2) is 42.5 Å². The summed E-state index contributed by atoms with van der Waals surface area (Å²) in [7, 11) is 0. The van der Waals surface area contributed by atoms with Gasteiger partial charge in [-0.1, -0.05) is 42.0 Å². The van der Waals surface area contributed by atoms with E-state index < -0.39 is 6.08 Å². The molecule has 0 N–H and O–H groups in total. The fourth-order valence-electron chi connectivity index (χ4n) is 0.910. The van der Waals surface area contributed by atoms with Crippen LogP contribution < -0.4 is 0 Å². The van der Waals surface area contributed by atoms with Gasteiger partial charge in [0, 0.05) is 6.08 Å². The van der Waals surface area contributed by atoms with Gasteiger partial charge in [-0.2, -0.15) is 8.78 Å². The van der Waals surface area contributed by atoms with Crippen LogP contribution in [-0.4, -0.2) is 0 Å². The summed E-state index contributed by atoms with van der Waals surface area (Å²) in [5.74, 6) is 0. The lowest BCUT2D eigenvalue weighted by Crippen LogP contribution is -1.72. The Hall–Kier alpha value is -1.44. The Morgan fingerprint density at radius 1 is 1.15 bits per heavy atom. The van der Waals surface area contributed by atoms with E-state index in [-0.39, 0.29) is 0 Å². The fraction of sp³-hybridized carbons (Fsp3) is 0.0909. The maximum absolute atomic E-state index is 11.6. The lowest BCUT2D eigenvalue weighted by atomic mass is 10.1. The highest BCUT2D eigenvalue weighted by Crippen LogP contribution is 2.05. The number of aryl methyl sites for hydroxylation is 1. The molecule has 1 aromatic rings. The predicted molar refractivity (Wildman–Crippen MR) is 50.5 cm³/mol. The Kier molecular flexibility index (Phi) is 3.38. The van der Waals surface area contributed by atoms with Crippen LogP contribution in [0.2, 0.25) is 0 Å². The van der Waals surface area contributed by atoms with Crippen molar-refractivity contribution in [2.75, 3.05) is 0 Å². The van der Waals surface area contributed by atoms with Crippen molar-refractivity contribution in [2.24, 2.45) is 0 Å². The average Bonchev–Trinajstić information content (AvgIpc) is 2.08. The largest absolute Gasteiger partial charge is 0.270 e. The molecule has 13 heavy (non-hydrogen) atoms. The van der Waals surface area contributed by atoms with Crippen molar-refractivity contribution in [2.45, 2.75) is 6.92 Å². The first-order valence-corrected chi connectivity index (χ1v) is 3.94. The summed E-state index contributed by atoms with van der Waals surface area (Å²) in [6, 6.07) is 7.65. The molecule has 0 fully saturated rings. The summed E-state index contributed by atoms with van der Waals surface area (Å²) in [6.07, 6.45) is 2.07. The first-order valence-electron chi connectivity index (χ1n) is 3.94. The third-order valence-corrected chi connectivity index (χ3v) is 1.59. The van der Waals surface area contributed by atoms with Crippen molar-refractivity contribution in [1.29, 1.82) is 0 Å². The molecule has 0 spiro atoms. The number of benzene rings is 1. The van der Waals surface area contributed by atoms with E-state index in [1.54, 1.807) is 6.08 Å². The average molecular weight is 180 g/mol. The Morgan fingerprint density at radius 2 is 1.77 bits per heavy atom. The zero-order valence-corrected chi connectivity index (χ0v) is 7.30. The monoisotopic (exact) mass is 180 g/mol. The van der Waals surface area contributed by atoms with Crippen molar-refractivity contribution in [3.05, 3.63) is 53.6 Å². The minimum atomic E-state index is -1.68. The quantitative estimate of drug-likeness (QED) is 0.607. The topological polar surface area (TPSA) is 0 Å². The molecule has 68 valence electrons. The van der Waals surface area contributed by atoms with E-state index in [0.29, 0.717) is 0 Å². The maximum Gasteiger partial charge on any atom is 0.270 e. The highest BCUT2D eigenvalue weighted by Gasteiger charge is 1.86. The normalized spacial score (nSPS) is 10.4. The highest BCUT2D eigenvalue weighted by molar-refractivity contribution is 5.51.